The molecule has 2 aromatic rings. The fourth-order valence-corrected chi connectivity index (χ4v) is 2.07. The minimum atomic E-state index is -0.220. The molecule has 100 valence electrons. The van der Waals surface area contributed by atoms with Crippen LogP contribution < -0.4 is 10.5 Å². The van der Waals surface area contributed by atoms with Crippen LogP contribution in [0.4, 0.5) is 4.39 Å². The minimum absolute atomic E-state index is 0.147. The Hall–Kier alpha value is -1.87. The molecule has 0 aliphatic rings. The van der Waals surface area contributed by atoms with E-state index in [0.717, 1.165) is 22.4 Å². The SMILES string of the molecule is COc1ccc(C(N)Cc2cc(F)ccc2C)cc1. The lowest BCUT2D eigenvalue weighted by molar-refractivity contribution is 0.414. The van der Waals surface area contributed by atoms with Crippen molar-refractivity contribution in [3.8, 4) is 5.75 Å². The molecular formula is C16H18FNO. The highest BCUT2D eigenvalue weighted by molar-refractivity contribution is 5.32. The van der Waals surface area contributed by atoms with Gasteiger partial charge in [0.2, 0.25) is 0 Å². The number of nitrogens with two attached hydrogens (primary N) is 1. The number of hydrogen-bond donors (Lipinski definition) is 1. The summed E-state index contributed by atoms with van der Waals surface area (Å²) in [6.07, 6.45) is 0.621. The second-order valence-electron chi connectivity index (χ2n) is 4.65. The van der Waals surface area contributed by atoms with Gasteiger partial charge in [-0.3, -0.25) is 0 Å². The zero-order chi connectivity index (χ0) is 13.8. The zero-order valence-electron chi connectivity index (χ0n) is 11.2. The fraction of sp³-hybridized carbons (Fsp3) is 0.250. The van der Waals surface area contributed by atoms with E-state index in [9.17, 15) is 4.39 Å². The quantitative estimate of drug-likeness (QED) is 0.913. The summed E-state index contributed by atoms with van der Waals surface area (Å²) in [6, 6.07) is 12.3. The molecule has 0 spiro atoms. The Balaban J connectivity index is 2.15. The molecule has 0 aliphatic carbocycles. The standard InChI is InChI=1S/C16H18FNO/c1-11-3-6-14(17)9-13(11)10-16(18)12-4-7-15(19-2)8-5-12/h3-9,16H,10,18H2,1-2H3. The molecule has 0 amide bonds. The Morgan fingerprint density at radius 3 is 2.47 bits per heavy atom. The highest BCUT2D eigenvalue weighted by Gasteiger charge is 2.09. The summed E-state index contributed by atoms with van der Waals surface area (Å²) >= 11 is 0. The Kier molecular flexibility index (Phi) is 4.17. The number of methoxy groups -OCH3 is 1. The normalized spacial score (nSPS) is 12.2. The topological polar surface area (TPSA) is 35.2 Å². The summed E-state index contributed by atoms with van der Waals surface area (Å²) in [6.45, 7) is 1.97. The molecule has 0 fully saturated rings. The van der Waals surface area contributed by atoms with Gasteiger partial charge in [-0.1, -0.05) is 18.2 Å². The summed E-state index contributed by atoms with van der Waals surface area (Å²) in [4.78, 5) is 0. The van der Waals surface area contributed by atoms with E-state index in [2.05, 4.69) is 0 Å². The van der Waals surface area contributed by atoms with Crippen molar-refractivity contribution < 1.29 is 9.13 Å². The fourth-order valence-electron chi connectivity index (χ4n) is 2.07. The van der Waals surface area contributed by atoms with Crippen molar-refractivity contribution in [2.45, 2.75) is 19.4 Å². The van der Waals surface area contributed by atoms with Crippen molar-refractivity contribution in [3.05, 3.63) is 65.0 Å². The Labute approximate surface area is 113 Å². The molecular weight excluding hydrogens is 241 g/mol. The van der Waals surface area contributed by atoms with Crippen molar-refractivity contribution in [3.63, 3.8) is 0 Å². The molecule has 0 aromatic heterocycles. The Morgan fingerprint density at radius 2 is 1.84 bits per heavy atom. The molecule has 1 unspecified atom stereocenters. The Morgan fingerprint density at radius 1 is 1.16 bits per heavy atom. The summed E-state index contributed by atoms with van der Waals surface area (Å²) < 4.78 is 18.4. The first-order valence-electron chi connectivity index (χ1n) is 6.24. The first-order valence-corrected chi connectivity index (χ1v) is 6.24. The number of rotatable bonds is 4. The predicted octanol–water partition coefficient (Wildman–Crippen LogP) is 3.39. The summed E-state index contributed by atoms with van der Waals surface area (Å²) in [5.74, 6) is 0.584. The third kappa shape index (κ3) is 3.32. The lowest BCUT2D eigenvalue weighted by Gasteiger charge is -2.14. The number of hydrogen-bond acceptors (Lipinski definition) is 2. The highest BCUT2D eigenvalue weighted by atomic mass is 19.1. The van der Waals surface area contributed by atoms with Crippen LogP contribution >= 0.6 is 0 Å². The van der Waals surface area contributed by atoms with Gasteiger partial charge in [0.05, 0.1) is 7.11 Å². The van der Waals surface area contributed by atoms with E-state index in [-0.39, 0.29) is 11.9 Å². The molecule has 2 N–H and O–H groups in total. The van der Waals surface area contributed by atoms with Gasteiger partial charge >= 0.3 is 0 Å². The van der Waals surface area contributed by atoms with Crippen LogP contribution in [0.25, 0.3) is 0 Å². The van der Waals surface area contributed by atoms with E-state index < -0.39 is 0 Å². The average Bonchev–Trinajstić information content (AvgIpc) is 2.43. The lowest BCUT2D eigenvalue weighted by Crippen LogP contribution is -2.14. The molecule has 0 saturated carbocycles. The van der Waals surface area contributed by atoms with Crippen LogP contribution in [0.1, 0.15) is 22.7 Å². The van der Waals surface area contributed by atoms with E-state index >= 15 is 0 Å². The van der Waals surface area contributed by atoms with Crippen LogP contribution in [0.5, 0.6) is 5.75 Å². The molecule has 3 heteroatoms. The maximum Gasteiger partial charge on any atom is 0.123 e. The molecule has 0 aliphatic heterocycles. The van der Waals surface area contributed by atoms with E-state index in [1.807, 2.05) is 31.2 Å². The third-order valence-corrected chi connectivity index (χ3v) is 3.29. The molecule has 19 heavy (non-hydrogen) atoms. The van der Waals surface area contributed by atoms with Gasteiger partial charge in [-0.25, -0.2) is 4.39 Å². The molecule has 2 rings (SSSR count). The van der Waals surface area contributed by atoms with Gasteiger partial charge in [-0.2, -0.15) is 0 Å². The van der Waals surface area contributed by atoms with Crippen LogP contribution in [0, 0.1) is 12.7 Å². The molecule has 0 heterocycles. The molecule has 0 saturated heterocycles. The number of aryl methyl sites for hydroxylation is 1. The minimum Gasteiger partial charge on any atom is -0.497 e. The summed E-state index contributed by atoms with van der Waals surface area (Å²) in [5, 5.41) is 0. The Bertz CT molecular complexity index is 551. The summed E-state index contributed by atoms with van der Waals surface area (Å²) in [5.41, 5.74) is 9.20. The van der Waals surface area contributed by atoms with Crippen LogP contribution in [-0.2, 0) is 6.42 Å². The first kappa shape index (κ1) is 13.6. The van der Waals surface area contributed by atoms with Gasteiger partial charge in [0.25, 0.3) is 0 Å². The van der Waals surface area contributed by atoms with E-state index in [1.165, 1.54) is 6.07 Å². The van der Waals surface area contributed by atoms with Crippen molar-refractivity contribution in [1.29, 1.82) is 0 Å². The maximum atomic E-state index is 13.2. The van der Waals surface area contributed by atoms with Crippen LogP contribution in [0.2, 0.25) is 0 Å². The second-order valence-corrected chi connectivity index (χ2v) is 4.65. The van der Waals surface area contributed by atoms with E-state index in [4.69, 9.17) is 10.5 Å². The number of benzene rings is 2. The van der Waals surface area contributed by atoms with E-state index in [0.29, 0.717) is 6.42 Å². The monoisotopic (exact) mass is 259 g/mol. The van der Waals surface area contributed by atoms with Crippen LogP contribution in [-0.4, -0.2) is 7.11 Å². The van der Waals surface area contributed by atoms with Gasteiger partial charge < -0.3 is 10.5 Å². The maximum absolute atomic E-state index is 13.2. The number of halogens is 1. The second kappa shape index (κ2) is 5.85. The van der Waals surface area contributed by atoms with Crippen molar-refractivity contribution in [2.75, 3.05) is 7.11 Å². The zero-order valence-corrected chi connectivity index (χ0v) is 11.2. The lowest BCUT2D eigenvalue weighted by atomic mass is 9.96. The average molecular weight is 259 g/mol. The van der Waals surface area contributed by atoms with Gasteiger partial charge in [-0.15, -0.1) is 0 Å². The molecule has 2 nitrogen and oxygen atoms in total. The van der Waals surface area contributed by atoms with Crippen molar-refractivity contribution in [2.24, 2.45) is 5.73 Å². The summed E-state index contributed by atoms with van der Waals surface area (Å²) in [7, 11) is 1.63. The molecule has 0 radical (unpaired) electrons. The predicted molar refractivity (Wildman–Crippen MR) is 74.8 cm³/mol. The van der Waals surface area contributed by atoms with Crippen LogP contribution in [0.3, 0.4) is 0 Å². The molecule has 1 atom stereocenters. The largest absolute Gasteiger partial charge is 0.497 e. The first-order chi connectivity index (χ1) is 9.10. The van der Waals surface area contributed by atoms with E-state index in [1.54, 1.807) is 19.2 Å². The highest BCUT2D eigenvalue weighted by Crippen LogP contribution is 2.21. The smallest absolute Gasteiger partial charge is 0.123 e. The third-order valence-electron chi connectivity index (χ3n) is 3.29. The molecule has 2 aromatic carbocycles. The van der Waals surface area contributed by atoms with Crippen molar-refractivity contribution >= 4 is 0 Å². The van der Waals surface area contributed by atoms with Crippen LogP contribution in [0.15, 0.2) is 42.5 Å². The van der Waals surface area contributed by atoms with Gasteiger partial charge in [0, 0.05) is 6.04 Å². The van der Waals surface area contributed by atoms with Gasteiger partial charge in [0.15, 0.2) is 0 Å². The number of ether oxygens (including phenoxy) is 1. The van der Waals surface area contributed by atoms with Gasteiger partial charge in [-0.05, 0) is 54.3 Å². The van der Waals surface area contributed by atoms with Gasteiger partial charge in [0.1, 0.15) is 11.6 Å². The van der Waals surface area contributed by atoms with Crippen molar-refractivity contribution in [1.82, 2.24) is 0 Å². The molecule has 0 bridgehead atoms.